The first-order valence-corrected chi connectivity index (χ1v) is 3.40. The van der Waals surface area contributed by atoms with Crippen LogP contribution in [0.25, 0.3) is 0 Å². The normalized spacial score (nSPS) is 31.4. The molecule has 1 fully saturated rings. The lowest BCUT2D eigenvalue weighted by Gasteiger charge is -2.24. The number of aliphatic hydroxyl groups excluding tert-OH is 1. The number of carbonyl (C=O) groups is 1. The molecule has 64 valence electrons. The monoisotopic (exact) mass is 161 g/mol. The summed E-state index contributed by atoms with van der Waals surface area (Å²) >= 11 is 0. The molecule has 0 spiro atoms. The minimum atomic E-state index is -0.826. The molecule has 0 bridgehead atoms. The number of carbonyl (C=O) groups excluding carboxylic acids is 1. The van der Waals surface area contributed by atoms with E-state index in [0.717, 1.165) is 0 Å². The smallest absolute Gasteiger partial charge is 0.404 e. The van der Waals surface area contributed by atoms with Crippen LogP contribution in [-0.4, -0.2) is 36.6 Å². The van der Waals surface area contributed by atoms with Gasteiger partial charge in [0, 0.05) is 6.42 Å². The highest BCUT2D eigenvalue weighted by Gasteiger charge is 2.22. The SMILES string of the molecule is NC(=O)OC1COCC(O)C1. The van der Waals surface area contributed by atoms with Crippen LogP contribution in [0.4, 0.5) is 4.79 Å². The van der Waals surface area contributed by atoms with E-state index in [2.05, 4.69) is 4.74 Å². The summed E-state index contributed by atoms with van der Waals surface area (Å²) in [6, 6.07) is 0. The van der Waals surface area contributed by atoms with Gasteiger partial charge in [0.2, 0.25) is 0 Å². The summed E-state index contributed by atoms with van der Waals surface area (Å²) in [6.07, 6.45) is -1.36. The average molecular weight is 161 g/mol. The van der Waals surface area contributed by atoms with Crippen molar-refractivity contribution in [2.45, 2.75) is 18.6 Å². The number of nitrogens with two attached hydrogens (primary N) is 1. The molecule has 2 unspecified atom stereocenters. The van der Waals surface area contributed by atoms with Crippen LogP contribution >= 0.6 is 0 Å². The number of hydrogen-bond acceptors (Lipinski definition) is 4. The summed E-state index contributed by atoms with van der Waals surface area (Å²) in [4.78, 5) is 10.2. The van der Waals surface area contributed by atoms with Crippen molar-refractivity contribution < 1.29 is 19.4 Å². The van der Waals surface area contributed by atoms with Gasteiger partial charge in [0.1, 0.15) is 6.10 Å². The van der Waals surface area contributed by atoms with Gasteiger partial charge in [-0.1, -0.05) is 0 Å². The molecule has 0 radical (unpaired) electrons. The van der Waals surface area contributed by atoms with E-state index in [4.69, 9.17) is 15.6 Å². The summed E-state index contributed by atoms with van der Waals surface area (Å²) in [5, 5.41) is 9.04. The highest BCUT2D eigenvalue weighted by molar-refractivity contribution is 5.64. The number of ether oxygens (including phenoxy) is 2. The van der Waals surface area contributed by atoms with E-state index in [1.165, 1.54) is 0 Å². The molecule has 0 aromatic heterocycles. The lowest BCUT2D eigenvalue weighted by molar-refractivity contribution is -0.0739. The van der Waals surface area contributed by atoms with Gasteiger partial charge in [0.05, 0.1) is 19.3 Å². The minimum Gasteiger partial charge on any atom is -0.444 e. The lowest BCUT2D eigenvalue weighted by atomic mass is 10.1. The van der Waals surface area contributed by atoms with Gasteiger partial charge in [0.25, 0.3) is 0 Å². The first kappa shape index (κ1) is 8.29. The molecule has 0 aromatic rings. The fraction of sp³-hybridized carbons (Fsp3) is 0.833. The molecule has 0 saturated carbocycles. The van der Waals surface area contributed by atoms with E-state index >= 15 is 0 Å². The van der Waals surface area contributed by atoms with Crippen molar-refractivity contribution >= 4 is 6.09 Å². The summed E-state index contributed by atoms with van der Waals surface area (Å²) in [6.45, 7) is 0.624. The summed E-state index contributed by atoms with van der Waals surface area (Å²) in [7, 11) is 0. The Hall–Kier alpha value is -0.810. The van der Waals surface area contributed by atoms with Crippen LogP contribution in [-0.2, 0) is 9.47 Å². The van der Waals surface area contributed by atoms with Crippen molar-refractivity contribution in [2.24, 2.45) is 5.73 Å². The van der Waals surface area contributed by atoms with Crippen LogP contribution in [0.2, 0.25) is 0 Å². The van der Waals surface area contributed by atoms with E-state index < -0.39 is 18.3 Å². The zero-order chi connectivity index (χ0) is 8.27. The van der Waals surface area contributed by atoms with E-state index in [1.807, 2.05) is 0 Å². The number of rotatable bonds is 1. The second kappa shape index (κ2) is 3.54. The van der Waals surface area contributed by atoms with E-state index in [9.17, 15) is 4.79 Å². The third-order valence-corrected chi connectivity index (χ3v) is 1.43. The molecule has 5 nitrogen and oxygen atoms in total. The second-order valence-electron chi connectivity index (χ2n) is 2.49. The molecular weight excluding hydrogens is 150 g/mol. The average Bonchev–Trinajstić information content (AvgIpc) is 1.85. The summed E-state index contributed by atoms with van der Waals surface area (Å²) < 4.78 is 9.53. The molecule has 1 aliphatic heterocycles. The Morgan fingerprint density at radius 2 is 2.36 bits per heavy atom. The van der Waals surface area contributed by atoms with Gasteiger partial charge in [-0.05, 0) is 0 Å². The van der Waals surface area contributed by atoms with Crippen molar-refractivity contribution in [3.05, 3.63) is 0 Å². The Morgan fingerprint density at radius 1 is 1.64 bits per heavy atom. The molecule has 2 atom stereocenters. The van der Waals surface area contributed by atoms with Crippen LogP contribution < -0.4 is 5.73 Å². The number of amides is 1. The molecular formula is C6H11NO4. The Morgan fingerprint density at radius 3 is 2.91 bits per heavy atom. The number of hydrogen-bond donors (Lipinski definition) is 2. The van der Waals surface area contributed by atoms with Gasteiger partial charge in [-0.3, -0.25) is 0 Å². The minimum absolute atomic E-state index is 0.304. The van der Waals surface area contributed by atoms with Gasteiger partial charge in [-0.25, -0.2) is 4.79 Å². The zero-order valence-corrected chi connectivity index (χ0v) is 6.03. The zero-order valence-electron chi connectivity index (χ0n) is 6.03. The van der Waals surface area contributed by atoms with E-state index in [0.29, 0.717) is 19.6 Å². The molecule has 1 aliphatic rings. The van der Waals surface area contributed by atoms with Gasteiger partial charge in [-0.15, -0.1) is 0 Å². The first-order valence-electron chi connectivity index (χ1n) is 3.40. The Kier molecular flexibility index (Phi) is 2.67. The maximum Gasteiger partial charge on any atom is 0.404 e. The highest BCUT2D eigenvalue weighted by Crippen LogP contribution is 2.10. The Balaban J connectivity index is 2.28. The van der Waals surface area contributed by atoms with Crippen molar-refractivity contribution in [3.8, 4) is 0 Å². The van der Waals surface area contributed by atoms with E-state index in [-0.39, 0.29) is 0 Å². The summed E-state index contributed by atoms with van der Waals surface area (Å²) in [5.74, 6) is 0. The first-order chi connectivity index (χ1) is 5.18. The van der Waals surface area contributed by atoms with Crippen molar-refractivity contribution in [1.82, 2.24) is 0 Å². The van der Waals surface area contributed by atoms with Crippen molar-refractivity contribution in [1.29, 1.82) is 0 Å². The maximum atomic E-state index is 10.2. The number of primary amides is 1. The number of aliphatic hydroxyl groups is 1. The maximum absolute atomic E-state index is 10.2. The molecule has 1 rings (SSSR count). The third kappa shape index (κ3) is 2.73. The van der Waals surface area contributed by atoms with Crippen LogP contribution in [0.15, 0.2) is 0 Å². The van der Waals surface area contributed by atoms with Crippen LogP contribution in [0, 0.1) is 0 Å². The molecule has 0 aromatic carbocycles. The second-order valence-corrected chi connectivity index (χ2v) is 2.49. The molecule has 1 amide bonds. The standard InChI is InChI=1S/C6H11NO4/c7-6(9)11-5-1-4(8)2-10-3-5/h4-5,8H,1-3H2,(H2,7,9). The van der Waals surface area contributed by atoms with Gasteiger partial charge >= 0.3 is 6.09 Å². The van der Waals surface area contributed by atoms with Crippen molar-refractivity contribution in [3.63, 3.8) is 0 Å². The van der Waals surface area contributed by atoms with Gasteiger partial charge in [0.15, 0.2) is 0 Å². The topological polar surface area (TPSA) is 81.8 Å². The molecule has 1 saturated heterocycles. The highest BCUT2D eigenvalue weighted by atomic mass is 16.6. The van der Waals surface area contributed by atoms with Gasteiger partial charge in [-0.2, -0.15) is 0 Å². The predicted octanol–water partition coefficient (Wildman–Crippen LogP) is -0.769. The molecule has 3 N–H and O–H groups in total. The fourth-order valence-corrected chi connectivity index (χ4v) is 1.02. The lowest BCUT2D eigenvalue weighted by Crippen LogP contribution is -2.37. The third-order valence-electron chi connectivity index (χ3n) is 1.43. The quantitative estimate of drug-likeness (QED) is 0.529. The fourth-order valence-electron chi connectivity index (χ4n) is 1.02. The largest absolute Gasteiger partial charge is 0.444 e. The molecule has 0 aliphatic carbocycles. The summed E-state index contributed by atoms with van der Waals surface area (Å²) in [5.41, 5.74) is 4.77. The molecule has 11 heavy (non-hydrogen) atoms. The Bertz CT molecular complexity index is 150. The van der Waals surface area contributed by atoms with Crippen molar-refractivity contribution in [2.75, 3.05) is 13.2 Å². The molecule has 1 heterocycles. The van der Waals surface area contributed by atoms with Crippen LogP contribution in [0.1, 0.15) is 6.42 Å². The van der Waals surface area contributed by atoms with Crippen LogP contribution in [0.3, 0.4) is 0 Å². The van der Waals surface area contributed by atoms with Gasteiger partial charge < -0.3 is 20.3 Å². The Labute approximate surface area is 64.1 Å². The van der Waals surface area contributed by atoms with E-state index in [1.54, 1.807) is 0 Å². The van der Waals surface area contributed by atoms with Crippen LogP contribution in [0.5, 0.6) is 0 Å². The molecule has 5 heteroatoms. The predicted molar refractivity (Wildman–Crippen MR) is 35.9 cm³/mol.